The van der Waals surface area contributed by atoms with Crippen molar-refractivity contribution in [3.05, 3.63) is 34.6 Å². The molecule has 2 rings (SSSR count). The van der Waals surface area contributed by atoms with E-state index in [0.29, 0.717) is 6.54 Å². The molecule has 2 aromatic rings. The van der Waals surface area contributed by atoms with Crippen molar-refractivity contribution in [3.8, 4) is 0 Å². The Morgan fingerprint density at radius 1 is 1.56 bits per heavy atom. The van der Waals surface area contributed by atoms with Crippen molar-refractivity contribution in [1.29, 1.82) is 0 Å². The fraction of sp³-hybridized carbons (Fsp3) is 0.385. The van der Waals surface area contributed by atoms with E-state index in [1.165, 1.54) is 0 Å². The van der Waals surface area contributed by atoms with Crippen molar-refractivity contribution in [3.63, 3.8) is 0 Å². The number of aliphatic hydroxyl groups excluding tert-OH is 1. The molecular weight excluding hydrogens is 246 g/mol. The Morgan fingerprint density at radius 3 is 3.00 bits per heavy atom. The Kier molecular flexibility index (Phi) is 3.93. The van der Waals surface area contributed by atoms with E-state index < -0.39 is 6.10 Å². The molecule has 0 amide bonds. The molecular formula is C13H17N3OS. The second-order valence-electron chi connectivity index (χ2n) is 4.29. The van der Waals surface area contributed by atoms with Crippen LogP contribution < -0.4 is 5.43 Å². The Hall–Kier alpha value is -1.46. The summed E-state index contributed by atoms with van der Waals surface area (Å²) in [5.41, 5.74) is 5.02. The van der Waals surface area contributed by atoms with Crippen molar-refractivity contribution in [2.45, 2.75) is 26.4 Å². The number of hydrogen-bond donors (Lipinski definition) is 2. The normalized spacial score (nSPS) is 12.6. The highest BCUT2D eigenvalue weighted by atomic mass is 32.1. The lowest BCUT2D eigenvalue weighted by molar-refractivity contribution is 0.205. The number of aryl methyl sites for hydroxylation is 1. The van der Waals surface area contributed by atoms with Gasteiger partial charge in [0.15, 0.2) is 5.65 Å². The van der Waals surface area contributed by atoms with Gasteiger partial charge in [-0.05, 0) is 37.1 Å². The Morgan fingerprint density at radius 2 is 2.33 bits per heavy atom. The van der Waals surface area contributed by atoms with Crippen LogP contribution in [0.5, 0.6) is 0 Å². The van der Waals surface area contributed by atoms with Gasteiger partial charge in [-0.1, -0.05) is 19.1 Å². The lowest BCUT2D eigenvalue weighted by Crippen LogP contribution is -2.25. The third-order valence-corrected chi connectivity index (χ3v) is 3.21. The largest absolute Gasteiger partial charge is 0.392 e. The van der Waals surface area contributed by atoms with Gasteiger partial charge >= 0.3 is 0 Å². The first-order valence-corrected chi connectivity index (χ1v) is 6.46. The van der Waals surface area contributed by atoms with E-state index in [1.54, 1.807) is 17.8 Å². The molecule has 0 saturated carbocycles. The summed E-state index contributed by atoms with van der Waals surface area (Å²) in [6.07, 6.45) is 2.18. The minimum atomic E-state index is -0.434. The smallest absolute Gasteiger partial charge is 0.159 e. The molecule has 0 radical (unpaired) electrons. The predicted octanol–water partition coefficient (Wildman–Crippen LogP) is 2.25. The van der Waals surface area contributed by atoms with Gasteiger partial charge in [-0.25, -0.2) is 9.66 Å². The summed E-state index contributed by atoms with van der Waals surface area (Å²) < 4.78 is 2.51. The van der Waals surface area contributed by atoms with E-state index in [0.717, 1.165) is 27.7 Å². The van der Waals surface area contributed by atoms with E-state index in [4.69, 9.17) is 12.2 Å². The minimum Gasteiger partial charge on any atom is -0.392 e. The van der Waals surface area contributed by atoms with Crippen LogP contribution in [-0.4, -0.2) is 27.4 Å². The fourth-order valence-corrected chi connectivity index (χ4v) is 2.18. The average molecular weight is 263 g/mol. The molecule has 4 nitrogen and oxygen atoms in total. The number of rotatable bonds is 4. The Labute approximate surface area is 111 Å². The summed E-state index contributed by atoms with van der Waals surface area (Å²) in [6.45, 7) is 4.25. The first kappa shape index (κ1) is 13.0. The average Bonchev–Trinajstić information content (AvgIpc) is 2.36. The molecule has 2 heterocycles. The zero-order chi connectivity index (χ0) is 13.1. The number of pyridine rings is 2. The highest BCUT2D eigenvalue weighted by Gasteiger charge is 2.06. The maximum atomic E-state index is 9.37. The van der Waals surface area contributed by atoms with Gasteiger partial charge in [0, 0.05) is 11.6 Å². The van der Waals surface area contributed by atoms with E-state index >= 15 is 0 Å². The van der Waals surface area contributed by atoms with E-state index in [9.17, 15) is 5.11 Å². The van der Waals surface area contributed by atoms with Gasteiger partial charge in [0.25, 0.3) is 0 Å². The third-order valence-electron chi connectivity index (χ3n) is 2.76. The number of fused-ring (bicyclic) bond motifs is 1. The quantitative estimate of drug-likeness (QED) is 0.831. The molecule has 96 valence electrons. The minimum absolute atomic E-state index is 0.434. The number of nitrogens with zero attached hydrogens (tertiary/aromatic N) is 2. The molecule has 0 saturated heterocycles. The maximum absolute atomic E-state index is 9.37. The molecule has 0 aromatic carbocycles. The number of hydrogen-bond acceptors (Lipinski definition) is 4. The van der Waals surface area contributed by atoms with Gasteiger partial charge in [0.05, 0.1) is 12.6 Å². The van der Waals surface area contributed by atoms with Crippen LogP contribution in [0, 0.1) is 4.64 Å². The van der Waals surface area contributed by atoms with Crippen molar-refractivity contribution >= 4 is 23.3 Å². The molecule has 5 heteroatoms. The molecule has 0 bridgehead atoms. The first-order chi connectivity index (χ1) is 8.63. The van der Waals surface area contributed by atoms with Gasteiger partial charge in [-0.2, -0.15) is 0 Å². The molecule has 1 atom stereocenters. The molecule has 18 heavy (non-hydrogen) atoms. The zero-order valence-electron chi connectivity index (χ0n) is 10.6. The van der Waals surface area contributed by atoms with Crippen LogP contribution in [-0.2, 0) is 6.42 Å². The van der Waals surface area contributed by atoms with E-state index in [1.807, 2.05) is 12.1 Å². The lowest BCUT2D eigenvalue weighted by atomic mass is 10.2. The molecule has 0 fully saturated rings. The summed E-state index contributed by atoms with van der Waals surface area (Å²) in [4.78, 5) is 4.35. The fourth-order valence-electron chi connectivity index (χ4n) is 1.82. The summed E-state index contributed by atoms with van der Waals surface area (Å²) >= 11 is 5.45. The highest BCUT2D eigenvalue weighted by Crippen LogP contribution is 2.15. The topological polar surface area (TPSA) is 50.1 Å². The molecule has 0 aliphatic carbocycles. The van der Waals surface area contributed by atoms with Gasteiger partial charge in [-0.3, -0.25) is 0 Å². The predicted molar refractivity (Wildman–Crippen MR) is 75.9 cm³/mol. The highest BCUT2D eigenvalue weighted by molar-refractivity contribution is 7.71. The van der Waals surface area contributed by atoms with Crippen LogP contribution in [0.15, 0.2) is 24.4 Å². The van der Waals surface area contributed by atoms with Crippen LogP contribution >= 0.6 is 12.2 Å². The number of nitrogens with one attached hydrogen (secondary N) is 1. The summed E-state index contributed by atoms with van der Waals surface area (Å²) in [7, 11) is 0. The maximum Gasteiger partial charge on any atom is 0.159 e. The monoisotopic (exact) mass is 263 g/mol. The molecule has 0 aliphatic heterocycles. The first-order valence-electron chi connectivity index (χ1n) is 6.05. The molecule has 0 aliphatic rings. The van der Waals surface area contributed by atoms with Crippen LogP contribution in [0.2, 0.25) is 0 Å². The van der Waals surface area contributed by atoms with E-state index in [2.05, 4.69) is 23.4 Å². The number of aromatic nitrogens is 2. The molecule has 2 N–H and O–H groups in total. The second-order valence-corrected chi connectivity index (χ2v) is 4.68. The summed E-state index contributed by atoms with van der Waals surface area (Å²) in [5, 5.41) is 10.4. The summed E-state index contributed by atoms with van der Waals surface area (Å²) in [6, 6.07) is 5.99. The standard InChI is InChI=1S/C13H17N3OS/c1-3-10-7-11-5-4-6-14-12(11)16(13(10)18)15-8-9(2)17/h4-7,9,15,17H,3,8H2,1-2H3. The second kappa shape index (κ2) is 5.46. The zero-order valence-corrected chi connectivity index (χ0v) is 11.4. The third kappa shape index (κ3) is 2.52. The molecule has 1 unspecified atom stereocenters. The Balaban J connectivity index is 2.59. The molecule has 2 aromatic heterocycles. The van der Waals surface area contributed by atoms with Crippen molar-refractivity contribution in [2.75, 3.05) is 12.0 Å². The molecule has 0 spiro atoms. The summed E-state index contributed by atoms with van der Waals surface area (Å²) in [5.74, 6) is 0. The van der Waals surface area contributed by atoms with Crippen molar-refractivity contribution in [1.82, 2.24) is 9.66 Å². The van der Waals surface area contributed by atoms with Gasteiger partial charge in [0.2, 0.25) is 0 Å². The van der Waals surface area contributed by atoms with Crippen LogP contribution in [0.25, 0.3) is 11.0 Å². The van der Waals surface area contributed by atoms with Gasteiger partial charge in [0.1, 0.15) is 4.64 Å². The SMILES string of the molecule is CCc1cc2cccnc2n(NCC(C)O)c1=S. The van der Waals surface area contributed by atoms with Crippen LogP contribution in [0.3, 0.4) is 0 Å². The lowest BCUT2D eigenvalue weighted by Gasteiger charge is -2.16. The van der Waals surface area contributed by atoms with Gasteiger partial charge < -0.3 is 10.5 Å². The van der Waals surface area contributed by atoms with Crippen molar-refractivity contribution < 1.29 is 5.11 Å². The van der Waals surface area contributed by atoms with E-state index in [-0.39, 0.29) is 0 Å². The van der Waals surface area contributed by atoms with Gasteiger partial charge in [-0.15, -0.1) is 0 Å². The number of aliphatic hydroxyl groups is 1. The Bertz CT molecular complexity index is 607. The van der Waals surface area contributed by atoms with Crippen molar-refractivity contribution in [2.24, 2.45) is 0 Å². The van der Waals surface area contributed by atoms with Crippen LogP contribution in [0.1, 0.15) is 19.4 Å². The van der Waals surface area contributed by atoms with Crippen LogP contribution in [0.4, 0.5) is 0 Å².